The smallest absolute Gasteiger partial charge is 0.345 e. The van der Waals surface area contributed by atoms with Crippen LogP contribution < -0.4 is 0 Å². The van der Waals surface area contributed by atoms with Gasteiger partial charge in [0.1, 0.15) is 4.88 Å². The second-order valence-corrected chi connectivity index (χ2v) is 4.56. The summed E-state index contributed by atoms with van der Waals surface area (Å²) in [5.74, 6) is -0.780. The molecular weight excluding hydrogens is 184 g/mol. The Morgan fingerprint density at radius 3 is 2.85 bits per heavy atom. The first-order valence-corrected chi connectivity index (χ1v) is 5.44. The fraction of sp³-hybridized carbons (Fsp3) is 0.500. The summed E-state index contributed by atoms with van der Waals surface area (Å²) in [4.78, 5) is 12.5. The van der Waals surface area contributed by atoms with E-state index in [4.69, 9.17) is 5.11 Å². The number of rotatable bonds is 1. The van der Waals surface area contributed by atoms with Crippen LogP contribution in [0.1, 0.15) is 39.4 Å². The van der Waals surface area contributed by atoms with Gasteiger partial charge in [-0.25, -0.2) is 4.79 Å². The minimum atomic E-state index is -0.780. The first kappa shape index (κ1) is 8.75. The van der Waals surface area contributed by atoms with Gasteiger partial charge in [0.15, 0.2) is 0 Å². The van der Waals surface area contributed by atoms with Crippen LogP contribution in [0.15, 0.2) is 6.07 Å². The molecular formula is C10H12O2S. The van der Waals surface area contributed by atoms with Crippen molar-refractivity contribution in [1.29, 1.82) is 0 Å². The number of hydrogen-bond acceptors (Lipinski definition) is 2. The lowest BCUT2D eigenvalue weighted by Crippen LogP contribution is -1.90. The number of carbonyl (C=O) groups is 1. The van der Waals surface area contributed by atoms with Crippen molar-refractivity contribution < 1.29 is 9.90 Å². The Balaban J connectivity index is 2.32. The molecule has 2 rings (SSSR count). The Kier molecular flexibility index (Phi) is 2.36. The number of fused-ring (bicyclic) bond motifs is 1. The summed E-state index contributed by atoms with van der Waals surface area (Å²) in [6.07, 6.45) is 5.85. The molecule has 0 spiro atoms. The van der Waals surface area contributed by atoms with Crippen LogP contribution in [0.2, 0.25) is 0 Å². The predicted molar refractivity (Wildman–Crippen MR) is 52.5 cm³/mol. The summed E-state index contributed by atoms with van der Waals surface area (Å²) in [7, 11) is 0. The minimum absolute atomic E-state index is 0.506. The number of thiophene rings is 1. The summed E-state index contributed by atoms with van der Waals surface area (Å²) >= 11 is 1.46. The van der Waals surface area contributed by atoms with E-state index in [1.807, 2.05) is 6.07 Å². The second-order valence-electron chi connectivity index (χ2n) is 3.42. The molecule has 0 saturated carbocycles. The van der Waals surface area contributed by atoms with Crippen molar-refractivity contribution in [3.8, 4) is 0 Å². The molecule has 0 unspecified atom stereocenters. The third-order valence-electron chi connectivity index (χ3n) is 2.46. The Labute approximate surface area is 81.2 Å². The first-order valence-electron chi connectivity index (χ1n) is 4.62. The van der Waals surface area contributed by atoms with Gasteiger partial charge in [-0.1, -0.05) is 6.42 Å². The standard InChI is InChI=1S/C10H12O2S/c11-10(12)9-6-7-4-2-1-3-5-8(7)13-9/h6H,1-5H2,(H,11,12). The van der Waals surface area contributed by atoms with Gasteiger partial charge in [-0.05, 0) is 37.3 Å². The van der Waals surface area contributed by atoms with Crippen molar-refractivity contribution in [2.24, 2.45) is 0 Å². The van der Waals surface area contributed by atoms with Gasteiger partial charge in [0.2, 0.25) is 0 Å². The molecule has 1 aromatic heterocycles. The maximum atomic E-state index is 10.7. The zero-order chi connectivity index (χ0) is 9.26. The lowest BCUT2D eigenvalue weighted by Gasteiger charge is -1.92. The van der Waals surface area contributed by atoms with Crippen molar-refractivity contribution >= 4 is 17.3 Å². The van der Waals surface area contributed by atoms with Crippen LogP contribution in [0.5, 0.6) is 0 Å². The summed E-state index contributed by atoms with van der Waals surface area (Å²) in [6, 6.07) is 1.85. The van der Waals surface area contributed by atoms with Crippen LogP contribution >= 0.6 is 11.3 Å². The Morgan fingerprint density at radius 2 is 2.08 bits per heavy atom. The molecule has 70 valence electrons. The monoisotopic (exact) mass is 196 g/mol. The highest BCUT2D eigenvalue weighted by Crippen LogP contribution is 2.28. The SMILES string of the molecule is O=C(O)c1cc2c(s1)CCCCC2. The topological polar surface area (TPSA) is 37.3 Å². The highest BCUT2D eigenvalue weighted by atomic mass is 32.1. The third-order valence-corrected chi connectivity index (χ3v) is 3.68. The van der Waals surface area contributed by atoms with Gasteiger partial charge in [-0.2, -0.15) is 0 Å². The molecule has 13 heavy (non-hydrogen) atoms. The summed E-state index contributed by atoms with van der Waals surface area (Å²) in [5.41, 5.74) is 1.28. The van der Waals surface area contributed by atoms with Crippen molar-refractivity contribution in [2.45, 2.75) is 32.1 Å². The van der Waals surface area contributed by atoms with Crippen LogP contribution in [0.4, 0.5) is 0 Å². The Bertz CT molecular complexity index is 304. The second kappa shape index (κ2) is 3.50. The number of carboxylic acid groups (broad SMARTS) is 1. The molecule has 0 saturated heterocycles. The number of hydrogen-bond donors (Lipinski definition) is 1. The normalized spacial score (nSPS) is 16.3. The Hall–Kier alpha value is -0.830. The lowest BCUT2D eigenvalue weighted by molar-refractivity contribution is 0.0702. The van der Waals surface area contributed by atoms with Crippen molar-refractivity contribution in [3.63, 3.8) is 0 Å². The quantitative estimate of drug-likeness (QED) is 0.701. The van der Waals surface area contributed by atoms with Gasteiger partial charge in [-0.15, -0.1) is 11.3 Å². The maximum absolute atomic E-state index is 10.7. The van der Waals surface area contributed by atoms with E-state index in [1.165, 1.54) is 41.0 Å². The van der Waals surface area contributed by atoms with Gasteiger partial charge in [0.05, 0.1) is 0 Å². The molecule has 1 aromatic rings. The van der Waals surface area contributed by atoms with E-state index in [2.05, 4.69) is 0 Å². The van der Waals surface area contributed by atoms with E-state index in [1.54, 1.807) is 0 Å². The molecule has 0 amide bonds. The lowest BCUT2D eigenvalue weighted by atomic mass is 10.1. The molecule has 3 heteroatoms. The molecule has 1 N–H and O–H groups in total. The van der Waals surface area contributed by atoms with E-state index in [0.717, 1.165) is 12.8 Å². The van der Waals surface area contributed by atoms with Crippen molar-refractivity contribution in [3.05, 3.63) is 21.4 Å². The van der Waals surface area contributed by atoms with Crippen LogP contribution in [-0.4, -0.2) is 11.1 Å². The number of aryl methyl sites for hydroxylation is 2. The summed E-state index contributed by atoms with van der Waals surface area (Å²) in [6.45, 7) is 0. The van der Waals surface area contributed by atoms with E-state index in [9.17, 15) is 4.79 Å². The fourth-order valence-corrected chi connectivity index (χ4v) is 2.87. The molecule has 1 aliphatic carbocycles. The number of carboxylic acids is 1. The molecule has 0 atom stereocenters. The highest BCUT2D eigenvalue weighted by Gasteiger charge is 2.15. The minimum Gasteiger partial charge on any atom is -0.477 e. The van der Waals surface area contributed by atoms with Gasteiger partial charge >= 0.3 is 5.97 Å². The van der Waals surface area contributed by atoms with Crippen LogP contribution in [-0.2, 0) is 12.8 Å². The van der Waals surface area contributed by atoms with Crippen molar-refractivity contribution in [1.82, 2.24) is 0 Å². The summed E-state index contributed by atoms with van der Waals surface area (Å²) in [5, 5.41) is 8.81. The van der Waals surface area contributed by atoms with Crippen LogP contribution in [0.25, 0.3) is 0 Å². The van der Waals surface area contributed by atoms with Crippen molar-refractivity contribution in [2.75, 3.05) is 0 Å². The molecule has 1 heterocycles. The molecule has 0 aliphatic heterocycles. The zero-order valence-corrected chi connectivity index (χ0v) is 8.19. The zero-order valence-electron chi connectivity index (χ0n) is 7.38. The van der Waals surface area contributed by atoms with Crippen LogP contribution in [0.3, 0.4) is 0 Å². The molecule has 0 radical (unpaired) electrons. The van der Waals surface area contributed by atoms with E-state index >= 15 is 0 Å². The average molecular weight is 196 g/mol. The van der Waals surface area contributed by atoms with Crippen LogP contribution in [0, 0.1) is 0 Å². The number of aromatic carboxylic acids is 1. The largest absolute Gasteiger partial charge is 0.477 e. The predicted octanol–water partition coefficient (Wildman–Crippen LogP) is 2.72. The van der Waals surface area contributed by atoms with E-state index in [-0.39, 0.29) is 0 Å². The first-order chi connectivity index (χ1) is 6.27. The molecule has 2 nitrogen and oxygen atoms in total. The molecule has 0 bridgehead atoms. The van der Waals surface area contributed by atoms with E-state index < -0.39 is 5.97 Å². The van der Waals surface area contributed by atoms with Gasteiger partial charge in [0, 0.05) is 4.88 Å². The molecule has 1 aliphatic rings. The highest BCUT2D eigenvalue weighted by molar-refractivity contribution is 7.14. The van der Waals surface area contributed by atoms with Gasteiger partial charge in [0.25, 0.3) is 0 Å². The van der Waals surface area contributed by atoms with Gasteiger partial charge in [-0.3, -0.25) is 0 Å². The fourth-order valence-electron chi connectivity index (χ4n) is 1.77. The maximum Gasteiger partial charge on any atom is 0.345 e. The molecule has 0 fully saturated rings. The van der Waals surface area contributed by atoms with Gasteiger partial charge < -0.3 is 5.11 Å². The third kappa shape index (κ3) is 1.75. The average Bonchev–Trinajstić information content (AvgIpc) is 2.38. The summed E-state index contributed by atoms with van der Waals surface area (Å²) < 4.78 is 0. The van der Waals surface area contributed by atoms with E-state index in [0.29, 0.717) is 4.88 Å². The Morgan fingerprint density at radius 1 is 1.31 bits per heavy atom. The molecule has 0 aromatic carbocycles.